The summed E-state index contributed by atoms with van der Waals surface area (Å²) in [6.45, 7) is 0.541. The van der Waals surface area contributed by atoms with Crippen molar-refractivity contribution in [2.75, 3.05) is 20.6 Å². The van der Waals surface area contributed by atoms with Crippen molar-refractivity contribution < 1.29 is 5.11 Å². The quantitative estimate of drug-likeness (QED) is 0.785. The lowest BCUT2D eigenvalue weighted by Crippen LogP contribution is -2.21. The van der Waals surface area contributed by atoms with Gasteiger partial charge in [-0.1, -0.05) is 11.6 Å². The van der Waals surface area contributed by atoms with E-state index in [9.17, 15) is 5.11 Å². The van der Waals surface area contributed by atoms with E-state index in [2.05, 4.69) is 5.10 Å². The fourth-order valence-corrected chi connectivity index (χ4v) is 1.52. The smallest absolute Gasteiger partial charge is 0.110 e. The number of hydrogen-bond donors (Lipinski definition) is 1. The van der Waals surface area contributed by atoms with Gasteiger partial charge in [0.15, 0.2) is 0 Å². The van der Waals surface area contributed by atoms with Gasteiger partial charge >= 0.3 is 0 Å². The summed E-state index contributed by atoms with van der Waals surface area (Å²) in [7, 11) is 5.56. The normalized spacial score (nSPS) is 13.7. The maximum absolute atomic E-state index is 9.75. The zero-order valence-corrected chi connectivity index (χ0v) is 8.78. The van der Waals surface area contributed by atoms with Crippen LogP contribution in [-0.2, 0) is 7.05 Å². The molecule has 0 spiro atoms. The molecule has 0 aromatic carbocycles. The number of aliphatic hydroxyl groups excluding tert-OH is 1. The molecule has 13 heavy (non-hydrogen) atoms. The monoisotopic (exact) mass is 203 g/mol. The summed E-state index contributed by atoms with van der Waals surface area (Å²) >= 11 is 5.86. The Kier molecular flexibility index (Phi) is 3.30. The average molecular weight is 204 g/mol. The number of hydrogen-bond acceptors (Lipinski definition) is 3. The van der Waals surface area contributed by atoms with E-state index in [1.165, 1.54) is 6.20 Å². The van der Waals surface area contributed by atoms with Crippen molar-refractivity contribution in [3.63, 3.8) is 0 Å². The van der Waals surface area contributed by atoms with Gasteiger partial charge < -0.3 is 10.0 Å². The second kappa shape index (κ2) is 4.09. The van der Waals surface area contributed by atoms with E-state index in [1.807, 2.05) is 19.0 Å². The predicted molar refractivity (Wildman–Crippen MR) is 51.7 cm³/mol. The molecular weight excluding hydrogens is 190 g/mol. The Hall–Kier alpha value is -0.580. The zero-order valence-electron chi connectivity index (χ0n) is 8.03. The first-order valence-corrected chi connectivity index (χ1v) is 4.40. The first kappa shape index (κ1) is 10.5. The molecule has 1 heterocycles. The average Bonchev–Trinajstić information content (AvgIpc) is 2.29. The molecule has 1 aromatic rings. The second-order valence-electron chi connectivity index (χ2n) is 3.28. The number of aryl methyl sites for hydroxylation is 1. The van der Waals surface area contributed by atoms with E-state index < -0.39 is 6.10 Å². The van der Waals surface area contributed by atoms with Crippen molar-refractivity contribution in [1.29, 1.82) is 0 Å². The number of aliphatic hydroxyl groups is 1. The molecule has 0 fully saturated rings. The van der Waals surface area contributed by atoms with Crippen molar-refractivity contribution in [3.8, 4) is 0 Å². The molecule has 0 aliphatic carbocycles. The fraction of sp³-hybridized carbons (Fsp3) is 0.625. The molecule has 0 aliphatic heterocycles. The highest BCUT2D eigenvalue weighted by atomic mass is 35.5. The highest BCUT2D eigenvalue weighted by Gasteiger charge is 2.16. The van der Waals surface area contributed by atoms with Crippen molar-refractivity contribution in [2.24, 2.45) is 7.05 Å². The van der Waals surface area contributed by atoms with Crippen LogP contribution in [0.5, 0.6) is 0 Å². The van der Waals surface area contributed by atoms with Crippen molar-refractivity contribution >= 4 is 11.6 Å². The standard InChI is InChI=1S/C8H14ClN3O/c1-11(2)5-7(13)8-6(9)4-10-12(8)3/h4,7,13H,5H2,1-3H3. The molecule has 1 unspecified atom stereocenters. The number of nitrogens with zero attached hydrogens (tertiary/aromatic N) is 3. The molecule has 0 saturated heterocycles. The number of rotatable bonds is 3. The predicted octanol–water partition coefficient (Wildman–Crippen LogP) is 0.668. The molecule has 1 N–H and O–H groups in total. The molecule has 0 bridgehead atoms. The lowest BCUT2D eigenvalue weighted by atomic mass is 10.2. The summed E-state index contributed by atoms with van der Waals surface area (Å²) in [5.41, 5.74) is 0.662. The van der Waals surface area contributed by atoms with Crippen molar-refractivity contribution in [2.45, 2.75) is 6.10 Å². The van der Waals surface area contributed by atoms with Gasteiger partial charge in [0.1, 0.15) is 6.10 Å². The Balaban J connectivity index is 2.81. The third-order valence-corrected chi connectivity index (χ3v) is 2.08. The Morgan fingerprint density at radius 3 is 2.69 bits per heavy atom. The fourth-order valence-electron chi connectivity index (χ4n) is 1.23. The first-order valence-electron chi connectivity index (χ1n) is 4.02. The van der Waals surface area contributed by atoms with Crippen molar-refractivity contribution in [3.05, 3.63) is 16.9 Å². The topological polar surface area (TPSA) is 41.3 Å². The van der Waals surface area contributed by atoms with Crippen LogP contribution in [0.4, 0.5) is 0 Å². The molecule has 0 aliphatic rings. The number of likely N-dealkylation sites (N-methyl/N-ethyl adjacent to an activating group) is 1. The molecule has 1 atom stereocenters. The maximum atomic E-state index is 9.75. The van der Waals surface area contributed by atoms with Crippen LogP contribution in [0.25, 0.3) is 0 Å². The summed E-state index contributed by atoms with van der Waals surface area (Å²) in [6.07, 6.45) is 0.950. The Bertz CT molecular complexity index is 265. The SMILES string of the molecule is CN(C)CC(O)c1c(Cl)cnn1C. The molecule has 74 valence electrons. The van der Waals surface area contributed by atoms with Gasteiger partial charge in [-0.25, -0.2) is 0 Å². The van der Waals surface area contributed by atoms with Gasteiger partial charge in [-0.05, 0) is 14.1 Å². The van der Waals surface area contributed by atoms with Crippen LogP contribution in [0, 0.1) is 0 Å². The minimum atomic E-state index is -0.588. The molecule has 0 radical (unpaired) electrons. The van der Waals surface area contributed by atoms with Gasteiger partial charge in [0.25, 0.3) is 0 Å². The van der Waals surface area contributed by atoms with E-state index >= 15 is 0 Å². The zero-order chi connectivity index (χ0) is 10.0. The van der Waals surface area contributed by atoms with Crippen molar-refractivity contribution in [1.82, 2.24) is 14.7 Å². The van der Waals surface area contributed by atoms with E-state index in [-0.39, 0.29) is 0 Å². The van der Waals surface area contributed by atoms with Crippen LogP contribution in [0.2, 0.25) is 5.02 Å². The maximum Gasteiger partial charge on any atom is 0.110 e. The summed E-state index contributed by atoms with van der Waals surface area (Å²) in [6, 6.07) is 0. The summed E-state index contributed by atoms with van der Waals surface area (Å²) < 4.78 is 1.59. The molecule has 1 aromatic heterocycles. The number of halogens is 1. The van der Waals surface area contributed by atoms with E-state index in [0.29, 0.717) is 17.3 Å². The van der Waals surface area contributed by atoms with Crippen LogP contribution >= 0.6 is 11.6 Å². The minimum absolute atomic E-state index is 0.511. The minimum Gasteiger partial charge on any atom is -0.385 e. The van der Waals surface area contributed by atoms with Gasteiger partial charge in [0, 0.05) is 13.6 Å². The van der Waals surface area contributed by atoms with E-state index in [1.54, 1.807) is 11.7 Å². The van der Waals surface area contributed by atoms with Gasteiger partial charge in [0.2, 0.25) is 0 Å². The van der Waals surface area contributed by atoms with Gasteiger partial charge in [0.05, 0.1) is 16.9 Å². The van der Waals surface area contributed by atoms with Gasteiger partial charge in [-0.2, -0.15) is 5.10 Å². The van der Waals surface area contributed by atoms with Crippen LogP contribution < -0.4 is 0 Å². The second-order valence-corrected chi connectivity index (χ2v) is 3.69. The molecule has 5 heteroatoms. The third-order valence-electron chi connectivity index (χ3n) is 1.79. The summed E-state index contributed by atoms with van der Waals surface area (Å²) in [5.74, 6) is 0. The van der Waals surface area contributed by atoms with Crippen LogP contribution in [0.1, 0.15) is 11.8 Å². The number of aromatic nitrogens is 2. The molecule has 0 saturated carbocycles. The molecular formula is C8H14ClN3O. The highest BCUT2D eigenvalue weighted by molar-refractivity contribution is 6.31. The third kappa shape index (κ3) is 2.43. The van der Waals surface area contributed by atoms with Crippen LogP contribution in [0.15, 0.2) is 6.20 Å². The lowest BCUT2D eigenvalue weighted by molar-refractivity contribution is 0.130. The molecule has 4 nitrogen and oxygen atoms in total. The van der Waals surface area contributed by atoms with Gasteiger partial charge in [-0.3, -0.25) is 4.68 Å². The largest absolute Gasteiger partial charge is 0.385 e. The highest BCUT2D eigenvalue weighted by Crippen LogP contribution is 2.21. The molecule has 0 amide bonds. The summed E-state index contributed by atoms with van der Waals surface area (Å²) in [4.78, 5) is 1.90. The first-order chi connectivity index (χ1) is 6.02. The molecule has 1 rings (SSSR count). The van der Waals surface area contributed by atoms with E-state index in [0.717, 1.165) is 0 Å². The van der Waals surface area contributed by atoms with Crippen LogP contribution in [0.3, 0.4) is 0 Å². The Morgan fingerprint density at radius 1 is 1.69 bits per heavy atom. The Labute approximate surface area is 82.7 Å². The van der Waals surface area contributed by atoms with E-state index in [4.69, 9.17) is 11.6 Å². The van der Waals surface area contributed by atoms with Crippen LogP contribution in [-0.4, -0.2) is 40.4 Å². The lowest BCUT2D eigenvalue weighted by Gasteiger charge is -2.16. The Morgan fingerprint density at radius 2 is 2.31 bits per heavy atom. The summed E-state index contributed by atoms with van der Waals surface area (Å²) in [5, 5.41) is 14.2. The van der Waals surface area contributed by atoms with Gasteiger partial charge in [-0.15, -0.1) is 0 Å².